The van der Waals surface area contributed by atoms with E-state index in [-0.39, 0.29) is 29.6 Å². The van der Waals surface area contributed by atoms with E-state index in [2.05, 4.69) is 5.32 Å². The number of benzene rings is 2. The number of rotatable bonds is 3. The number of carbonyl (C=O) groups is 3. The van der Waals surface area contributed by atoms with Crippen LogP contribution in [0.2, 0.25) is 0 Å². The van der Waals surface area contributed by atoms with Crippen LogP contribution in [0.5, 0.6) is 0 Å². The molecule has 0 radical (unpaired) electrons. The monoisotopic (exact) mass is 376 g/mol. The average molecular weight is 376 g/mol. The molecule has 0 unspecified atom stereocenters. The quantitative estimate of drug-likeness (QED) is 0.815. The molecule has 1 aliphatic heterocycles. The maximum Gasteiger partial charge on any atom is 0.255 e. The van der Waals surface area contributed by atoms with E-state index in [1.54, 1.807) is 24.3 Å². The van der Waals surface area contributed by atoms with E-state index in [0.717, 1.165) is 42.5 Å². The Morgan fingerprint density at radius 3 is 2.14 bits per heavy atom. The van der Waals surface area contributed by atoms with Gasteiger partial charge in [-0.25, -0.2) is 0 Å². The minimum absolute atomic E-state index is 0.0951. The van der Waals surface area contributed by atoms with E-state index in [1.165, 1.54) is 4.90 Å². The third-order valence-corrected chi connectivity index (χ3v) is 6.08. The zero-order valence-corrected chi connectivity index (χ0v) is 16.2. The van der Waals surface area contributed by atoms with Crippen LogP contribution in [-0.4, -0.2) is 17.7 Å². The van der Waals surface area contributed by atoms with E-state index in [1.807, 2.05) is 32.0 Å². The Morgan fingerprint density at radius 1 is 0.929 bits per heavy atom. The highest BCUT2D eigenvalue weighted by Crippen LogP contribution is 2.40. The highest BCUT2D eigenvalue weighted by Gasteiger charge is 2.48. The largest absolute Gasteiger partial charge is 0.322 e. The van der Waals surface area contributed by atoms with Gasteiger partial charge in [0.05, 0.1) is 17.5 Å². The molecule has 2 aromatic rings. The molecule has 2 fully saturated rings. The molecule has 5 heteroatoms. The van der Waals surface area contributed by atoms with Gasteiger partial charge in [0, 0.05) is 11.3 Å². The lowest BCUT2D eigenvalue weighted by atomic mass is 9.81. The number of fused-ring (bicyclic) bond motifs is 1. The lowest BCUT2D eigenvalue weighted by Gasteiger charge is -2.19. The molecule has 1 N–H and O–H groups in total. The van der Waals surface area contributed by atoms with Gasteiger partial charge >= 0.3 is 0 Å². The fraction of sp³-hybridized carbons (Fsp3) is 0.348. The number of carbonyl (C=O) groups excluding carboxylic acids is 3. The van der Waals surface area contributed by atoms with Crippen molar-refractivity contribution < 1.29 is 14.4 Å². The van der Waals surface area contributed by atoms with Crippen LogP contribution in [0, 0.1) is 25.7 Å². The van der Waals surface area contributed by atoms with Crippen molar-refractivity contribution in [3.63, 3.8) is 0 Å². The molecule has 1 saturated heterocycles. The predicted octanol–water partition coefficient (Wildman–Crippen LogP) is 4.24. The van der Waals surface area contributed by atoms with Crippen LogP contribution in [0.3, 0.4) is 0 Å². The van der Waals surface area contributed by atoms with Crippen LogP contribution in [0.4, 0.5) is 11.4 Å². The highest BCUT2D eigenvalue weighted by molar-refractivity contribution is 6.22. The van der Waals surface area contributed by atoms with Gasteiger partial charge in [-0.3, -0.25) is 19.3 Å². The number of anilines is 2. The van der Waals surface area contributed by atoms with Crippen molar-refractivity contribution in [3.05, 3.63) is 59.2 Å². The number of nitrogens with zero attached hydrogens (tertiary/aromatic N) is 1. The second-order valence-corrected chi connectivity index (χ2v) is 7.76. The molecule has 3 amide bonds. The van der Waals surface area contributed by atoms with E-state index in [9.17, 15) is 14.4 Å². The third kappa shape index (κ3) is 3.11. The van der Waals surface area contributed by atoms with Gasteiger partial charge < -0.3 is 5.32 Å². The zero-order chi connectivity index (χ0) is 19.8. The Balaban J connectivity index is 1.52. The van der Waals surface area contributed by atoms with E-state index < -0.39 is 0 Å². The van der Waals surface area contributed by atoms with Crippen LogP contribution in [0.15, 0.2) is 42.5 Å². The third-order valence-electron chi connectivity index (χ3n) is 6.08. The van der Waals surface area contributed by atoms with Crippen molar-refractivity contribution >= 4 is 29.1 Å². The van der Waals surface area contributed by atoms with Crippen LogP contribution in [0.1, 0.15) is 47.2 Å². The lowest BCUT2D eigenvalue weighted by molar-refractivity contribution is -0.122. The van der Waals surface area contributed by atoms with Crippen molar-refractivity contribution in [2.75, 3.05) is 10.2 Å². The highest BCUT2D eigenvalue weighted by atomic mass is 16.2. The first kappa shape index (κ1) is 18.4. The van der Waals surface area contributed by atoms with E-state index in [0.29, 0.717) is 11.3 Å². The van der Waals surface area contributed by atoms with Crippen molar-refractivity contribution in [3.8, 4) is 0 Å². The van der Waals surface area contributed by atoms with Gasteiger partial charge in [0.25, 0.3) is 5.91 Å². The number of hydrogen-bond acceptors (Lipinski definition) is 3. The number of amides is 3. The molecule has 1 aliphatic carbocycles. The van der Waals surface area contributed by atoms with Crippen molar-refractivity contribution in [1.29, 1.82) is 0 Å². The molecule has 4 rings (SSSR count). The summed E-state index contributed by atoms with van der Waals surface area (Å²) in [6.07, 6.45) is 3.60. The summed E-state index contributed by atoms with van der Waals surface area (Å²) in [5.74, 6) is -0.750. The Bertz CT molecular complexity index is 925. The molecule has 0 spiro atoms. The van der Waals surface area contributed by atoms with Crippen molar-refractivity contribution in [2.24, 2.45) is 11.8 Å². The molecule has 144 valence electrons. The minimum Gasteiger partial charge on any atom is -0.322 e. The second-order valence-electron chi connectivity index (χ2n) is 7.76. The minimum atomic E-state index is -0.215. The van der Waals surface area contributed by atoms with Gasteiger partial charge in [-0.15, -0.1) is 0 Å². The van der Waals surface area contributed by atoms with Crippen LogP contribution < -0.4 is 10.2 Å². The summed E-state index contributed by atoms with van der Waals surface area (Å²) in [7, 11) is 0. The zero-order valence-electron chi connectivity index (χ0n) is 16.2. The van der Waals surface area contributed by atoms with Gasteiger partial charge in [-0.05, 0) is 68.1 Å². The lowest BCUT2D eigenvalue weighted by Crippen LogP contribution is -2.30. The Kier molecular flexibility index (Phi) is 4.75. The topological polar surface area (TPSA) is 66.5 Å². The van der Waals surface area contributed by atoms with Gasteiger partial charge in [-0.2, -0.15) is 0 Å². The number of hydrogen-bond donors (Lipinski definition) is 1. The first-order chi connectivity index (χ1) is 13.5. The van der Waals surface area contributed by atoms with E-state index in [4.69, 9.17) is 0 Å². The molecular weight excluding hydrogens is 352 g/mol. The molecule has 28 heavy (non-hydrogen) atoms. The molecule has 1 saturated carbocycles. The van der Waals surface area contributed by atoms with Crippen molar-refractivity contribution in [1.82, 2.24) is 0 Å². The Hall–Kier alpha value is -2.95. The normalized spacial score (nSPS) is 21.6. The molecule has 0 aromatic heterocycles. The predicted molar refractivity (Wildman–Crippen MR) is 108 cm³/mol. The summed E-state index contributed by atoms with van der Waals surface area (Å²) in [6.45, 7) is 3.97. The number of aryl methyl sites for hydroxylation is 1. The molecule has 0 bridgehead atoms. The maximum atomic E-state index is 12.7. The first-order valence-corrected chi connectivity index (χ1v) is 9.83. The summed E-state index contributed by atoms with van der Waals surface area (Å²) < 4.78 is 0. The maximum absolute atomic E-state index is 12.7. The molecular formula is C23H24N2O3. The summed E-state index contributed by atoms with van der Waals surface area (Å²) in [5.41, 5.74) is 3.96. The fourth-order valence-corrected chi connectivity index (χ4v) is 4.26. The molecule has 2 aliphatic rings. The fourth-order valence-electron chi connectivity index (χ4n) is 4.26. The smallest absolute Gasteiger partial charge is 0.255 e. The SMILES string of the molecule is Cc1cccc(NC(=O)c2ccc(N3C(=O)[C@H]4CCCC[C@@H]4C3=O)cc2)c1C. The molecule has 5 nitrogen and oxygen atoms in total. The summed E-state index contributed by atoms with van der Waals surface area (Å²) >= 11 is 0. The van der Waals surface area contributed by atoms with Crippen LogP contribution in [-0.2, 0) is 9.59 Å². The summed E-state index contributed by atoms with van der Waals surface area (Å²) in [6, 6.07) is 12.5. The summed E-state index contributed by atoms with van der Waals surface area (Å²) in [4.78, 5) is 39.3. The van der Waals surface area contributed by atoms with Gasteiger partial charge in [0.15, 0.2) is 0 Å². The molecule has 2 aromatic carbocycles. The Morgan fingerprint density at radius 2 is 1.54 bits per heavy atom. The second kappa shape index (κ2) is 7.23. The standard InChI is InChI=1S/C23H24N2O3/c1-14-6-5-9-20(15(14)2)24-21(26)16-10-12-17(13-11-16)25-22(27)18-7-3-4-8-19(18)23(25)28/h5-6,9-13,18-19H,3-4,7-8H2,1-2H3,(H,24,26)/t18-,19-/m0/s1. The number of nitrogens with one attached hydrogen (secondary N) is 1. The Labute approximate surface area is 164 Å². The van der Waals surface area contributed by atoms with Gasteiger partial charge in [0.1, 0.15) is 0 Å². The van der Waals surface area contributed by atoms with E-state index >= 15 is 0 Å². The average Bonchev–Trinajstić information content (AvgIpc) is 2.96. The van der Waals surface area contributed by atoms with Crippen LogP contribution >= 0.6 is 0 Å². The van der Waals surface area contributed by atoms with Crippen LogP contribution in [0.25, 0.3) is 0 Å². The number of imide groups is 1. The van der Waals surface area contributed by atoms with Crippen molar-refractivity contribution in [2.45, 2.75) is 39.5 Å². The van der Waals surface area contributed by atoms with Gasteiger partial charge in [-0.1, -0.05) is 25.0 Å². The molecule has 1 heterocycles. The summed E-state index contributed by atoms with van der Waals surface area (Å²) in [5, 5.41) is 2.93. The van der Waals surface area contributed by atoms with Gasteiger partial charge in [0.2, 0.25) is 11.8 Å². The molecule has 2 atom stereocenters. The first-order valence-electron chi connectivity index (χ1n) is 9.83.